The lowest BCUT2D eigenvalue weighted by Gasteiger charge is -2.32. The van der Waals surface area contributed by atoms with E-state index in [1.807, 2.05) is 12.1 Å². The highest BCUT2D eigenvalue weighted by molar-refractivity contribution is 6.30. The monoisotopic (exact) mass is 462 g/mol. The van der Waals surface area contributed by atoms with E-state index in [1.54, 1.807) is 4.90 Å². The lowest BCUT2D eigenvalue weighted by molar-refractivity contribution is 0.0774. The van der Waals surface area contributed by atoms with Crippen LogP contribution in [-0.2, 0) is 11.3 Å². The summed E-state index contributed by atoms with van der Waals surface area (Å²) in [5.74, 6) is 0.1000. The normalized spacial score (nSPS) is 23.5. The summed E-state index contributed by atoms with van der Waals surface area (Å²) in [5, 5.41) is 20.1. The molecule has 0 spiro atoms. The van der Waals surface area contributed by atoms with Crippen LogP contribution in [0.1, 0.15) is 5.56 Å². The number of hydrogen-bond acceptors (Lipinski definition) is 7. The number of halogens is 1. The molecule has 2 aromatic rings. The second kappa shape index (κ2) is 8.73. The SMILES string of the molecule is O=C(On1c(O)ccc1O)N1CC2CN(Cc3ccc(Cl)cc3N3CCOCC3)CC2C1. The van der Waals surface area contributed by atoms with Gasteiger partial charge >= 0.3 is 6.09 Å². The quantitative estimate of drug-likeness (QED) is 0.718. The average molecular weight is 463 g/mol. The molecule has 1 aromatic heterocycles. The fourth-order valence-corrected chi connectivity index (χ4v) is 5.18. The van der Waals surface area contributed by atoms with Gasteiger partial charge in [0.1, 0.15) is 0 Å². The number of nitrogens with zero attached hydrogens (tertiary/aromatic N) is 4. The first-order valence-corrected chi connectivity index (χ1v) is 11.3. The predicted octanol–water partition coefficient (Wildman–Crippen LogP) is 2.00. The summed E-state index contributed by atoms with van der Waals surface area (Å²) in [6.45, 7) is 7.02. The zero-order valence-electron chi connectivity index (χ0n) is 17.7. The van der Waals surface area contributed by atoms with Crippen LogP contribution in [0.2, 0.25) is 5.02 Å². The molecule has 0 bridgehead atoms. The number of rotatable bonds is 4. The molecular formula is C22H27ClN4O5. The van der Waals surface area contributed by atoms with Crippen molar-refractivity contribution >= 4 is 23.4 Å². The highest BCUT2D eigenvalue weighted by Gasteiger charge is 2.42. The maximum Gasteiger partial charge on any atom is 0.434 e. The Morgan fingerprint density at radius 3 is 2.34 bits per heavy atom. The second-order valence-electron chi connectivity index (χ2n) is 8.69. The highest BCUT2D eigenvalue weighted by Crippen LogP contribution is 2.34. The van der Waals surface area contributed by atoms with Gasteiger partial charge in [-0.3, -0.25) is 4.90 Å². The van der Waals surface area contributed by atoms with E-state index in [4.69, 9.17) is 21.2 Å². The molecule has 1 amide bonds. The molecule has 5 rings (SSSR count). The minimum atomic E-state index is -0.569. The summed E-state index contributed by atoms with van der Waals surface area (Å²) in [7, 11) is 0. The summed E-state index contributed by atoms with van der Waals surface area (Å²) in [6.07, 6.45) is -0.569. The largest absolute Gasteiger partial charge is 0.492 e. The maximum absolute atomic E-state index is 12.5. The van der Waals surface area contributed by atoms with Crippen LogP contribution in [0, 0.1) is 11.8 Å². The van der Waals surface area contributed by atoms with Gasteiger partial charge in [0.2, 0.25) is 11.8 Å². The van der Waals surface area contributed by atoms with E-state index >= 15 is 0 Å². The molecule has 3 aliphatic rings. The van der Waals surface area contributed by atoms with E-state index in [9.17, 15) is 15.0 Å². The molecule has 0 radical (unpaired) electrons. The van der Waals surface area contributed by atoms with E-state index in [1.165, 1.54) is 23.4 Å². The summed E-state index contributed by atoms with van der Waals surface area (Å²) in [6, 6.07) is 8.63. The molecule has 1 aromatic carbocycles. The molecule has 0 aliphatic carbocycles. The predicted molar refractivity (Wildman–Crippen MR) is 118 cm³/mol. The zero-order chi connectivity index (χ0) is 22.2. The molecule has 2 N–H and O–H groups in total. The fourth-order valence-electron chi connectivity index (χ4n) is 5.01. The van der Waals surface area contributed by atoms with Crippen molar-refractivity contribution in [2.75, 3.05) is 57.4 Å². The molecule has 32 heavy (non-hydrogen) atoms. The van der Waals surface area contributed by atoms with Gasteiger partial charge in [-0.25, -0.2) is 4.79 Å². The molecule has 172 valence electrons. The van der Waals surface area contributed by atoms with Gasteiger partial charge in [0.25, 0.3) is 0 Å². The fraction of sp³-hybridized carbons (Fsp3) is 0.500. The standard InChI is InChI=1S/C22H27ClN4O5/c23-18-2-1-15(19(9-18)25-5-7-31-8-6-25)10-24-11-16-13-26(14-17(16)12-24)22(30)32-27-20(28)3-4-21(27)29/h1-4,9,16-17,28-29H,5-8,10-14H2. The average Bonchev–Trinajstić information content (AvgIpc) is 3.45. The number of ether oxygens (including phenoxy) is 1. The maximum atomic E-state index is 12.5. The van der Waals surface area contributed by atoms with Crippen LogP contribution < -0.4 is 9.74 Å². The molecular weight excluding hydrogens is 436 g/mol. The van der Waals surface area contributed by atoms with Crippen LogP contribution >= 0.6 is 11.6 Å². The van der Waals surface area contributed by atoms with Crippen molar-refractivity contribution in [1.29, 1.82) is 0 Å². The smallest absolute Gasteiger partial charge is 0.434 e. The molecule has 2 atom stereocenters. The molecule has 3 saturated heterocycles. The van der Waals surface area contributed by atoms with Crippen molar-refractivity contribution in [3.8, 4) is 11.8 Å². The van der Waals surface area contributed by atoms with E-state index in [0.29, 0.717) is 24.9 Å². The lowest BCUT2D eigenvalue weighted by Crippen LogP contribution is -2.38. The van der Waals surface area contributed by atoms with E-state index in [2.05, 4.69) is 15.9 Å². The van der Waals surface area contributed by atoms with E-state index in [0.717, 1.165) is 55.7 Å². The summed E-state index contributed by atoms with van der Waals surface area (Å²) >= 11 is 6.29. The Bertz CT molecular complexity index is 959. The third kappa shape index (κ3) is 4.20. The van der Waals surface area contributed by atoms with Gasteiger partial charge < -0.3 is 29.6 Å². The number of aromatic hydroxyl groups is 2. The van der Waals surface area contributed by atoms with Crippen LogP contribution in [-0.4, -0.2) is 83.3 Å². The Morgan fingerprint density at radius 1 is 1.03 bits per heavy atom. The van der Waals surface area contributed by atoms with Gasteiger partial charge in [0.05, 0.1) is 13.2 Å². The van der Waals surface area contributed by atoms with Crippen molar-refractivity contribution < 1.29 is 24.6 Å². The first-order chi connectivity index (χ1) is 15.5. The molecule has 10 heteroatoms. The minimum absolute atomic E-state index is 0.319. The van der Waals surface area contributed by atoms with E-state index in [-0.39, 0.29) is 11.8 Å². The number of anilines is 1. The van der Waals surface area contributed by atoms with Gasteiger partial charge in [-0.2, -0.15) is 0 Å². The third-order valence-corrected chi connectivity index (χ3v) is 6.82. The number of morpholine rings is 1. The van der Waals surface area contributed by atoms with Gasteiger partial charge in [0, 0.05) is 68.7 Å². The Morgan fingerprint density at radius 2 is 1.69 bits per heavy atom. The van der Waals surface area contributed by atoms with Crippen molar-refractivity contribution in [1.82, 2.24) is 14.5 Å². The van der Waals surface area contributed by atoms with Crippen LogP contribution in [0.15, 0.2) is 30.3 Å². The van der Waals surface area contributed by atoms with Gasteiger partial charge in [-0.1, -0.05) is 17.7 Å². The summed E-state index contributed by atoms with van der Waals surface area (Å²) in [5.41, 5.74) is 2.43. The summed E-state index contributed by atoms with van der Waals surface area (Å²) < 4.78 is 6.23. The topological polar surface area (TPSA) is 90.6 Å². The zero-order valence-corrected chi connectivity index (χ0v) is 18.4. The number of hydrogen-bond donors (Lipinski definition) is 2. The highest BCUT2D eigenvalue weighted by atomic mass is 35.5. The van der Waals surface area contributed by atoms with Crippen molar-refractivity contribution in [3.05, 3.63) is 40.9 Å². The Hall–Kier alpha value is -2.62. The van der Waals surface area contributed by atoms with Crippen LogP contribution in [0.25, 0.3) is 0 Å². The second-order valence-corrected chi connectivity index (χ2v) is 9.13. The van der Waals surface area contributed by atoms with Crippen molar-refractivity contribution in [3.63, 3.8) is 0 Å². The Balaban J connectivity index is 1.20. The summed E-state index contributed by atoms with van der Waals surface area (Å²) in [4.78, 5) is 24.1. The van der Waals surface area contributed by atoms with Crippen LogP contribution in [0.5, 0.6) is 11.8 Å². The van der Waals surface area contributed by atoms with Crippen molar-refractivity contribution in [2.24, 2.45) is 11.8 Å². The molecule has 3 fully saturated rings. The molecule has 3 aliphatic heterocycles. The number of likely N-dealkylation sites (tertiary alicyclic amines) is 2. The minimum Gasteiger partial charge on any atom is -0.492 e. The van der Waals surface area contributed by atoms with E-state index < -0.39 is 6.09 Å². The Labute approximate surface area is 191 Å². The number of amides is 1. The third-order valence-electron chi connectivity index (χ3n) is 6.58. The van der Waals surface area contributed by atoms with Crippen LogP contribution in [0.4, 0.5) is 10.5 Å². The Kier molecular flexibility index (Phi) is 5.79. The molecule has 9 nitrogen and oxygen atoms in total. The van der Waals surface area contributed by atoms with Gasteiger partial charge in [-0.15, -0.1) is 4.73 Å². The number of aromatic nitrogens is 1. The number of carbonyl (C=O) groups is 1. The van der Waals surface area contributed by atoms with Crippen molar-refractivity contribution in [2.45, 2.75) is 6.54 Å². The van der Waals surface area contributed by atoms with Crippen LogP contribution in [0.3, 0.4) is 0 Å². The number of benzene rings is 1. The number of carbonyl (C=O) groups excluding carboxylic acids is 1. The first-order valence-electron chi connectivity index (χ1n) is 10.9. The van der Waals surface area contributed by atoms with Gasteiger partial charge in [-0.05, 0) is 29.5 Å². The number of fused-ring (bicyclic) bond motifs is 1. The molecule has 4 heterocycles. The molecule has 0 saturated carbocycles. The first kappa shape index (κ1) is 21.2. The molecule has 2 unspecified atom stereocenters. The lowest BCUT2D eigenvalue weighted by atomic mass is 10.0. The van der Waals surface area contributed by atoms with Gasteiger partial charge in [0.15, 0.2) is 0 Å².